The van der Waals surface area contributed by atoms with E-state index in [1.165, 1.54) is 0 Å². The first kappa shape index (κ1) is 14.6. The number of amidine groups is 1. The molecule has 6 nitrogen and oxygen atoms in total. The summed E-state index contributed by atoms with van der Waals surface area (Å²) in [6.07, 6.45) is 4.02. The van der Waals surface area contributed by atoms with Crippen molar-refractivity contribution in [2.45, 2.75) is 19.8 Å². The van der Waals surface area contributed by atoms with Gasteiger partial charge in [-0.25, -0.2) is 4.98 Å². The summed E-state index contributed by atoms with van der Waals surface area (Å²) in [5.74, 6) is 1.40. The normalized spacial score (nSPS) is 20.2. The van der Waals surface area contributed by atoms with E-state index in [1.807, 2.05) is 13.0 Å². The van der Waals surface area contributed by atoms with Crippen molar-refractivity contribution in [2.24, 2.45) is 16.8 Å². The first-order valence-electron chi connectivity index (χ1n) is 6.84. The van der Waals surface area contributed by atoms with E-state index in [-0.39, 0.29) is 5.84 Å². The molecule has 0 amide bonds. The Hall–Kier alpha value is -1.82. The molecule has 110 valence electrons. The Morgan fingerprint density at radius 1 is 1.65 bits per heavy atom. The Balaban J connectivity index is 2.30. The molecule has 0 saturated carbocycles. The van der Waals surface area contributed by atoms with Gasteiger partial charge in [0.05, 0.1) is 12.2 Å². The number of methoxy groups -OCH3 is 1. The quantitative estimate of drug-likeness (QED) is 0.376. The van der Waals surface area contributed by atoms with Crippen molar-refractivity contribution in [1.82, 2.24) is 4.98 Å². The average Bonchev–Trinajstić information content (AvgIpc) is 2.47. The standard InChI is InChI=1S/C14H22N4O2/c1-10-5-6-16-14(12(10)13(15)17-19)18-7-3-4-11(8-18)9-20-2/h5-6,11,19H,3-4,7-9H2,1-2H3,(H2,15,17). The second-order valence-corrected chi connectivity index (χ2v) is 5.22. The fourth-order valence-corrected chi connectivity index (χ4v) is 2.78. The molecule has 1 saturated heterocycles. The molecule has 2 rings (SSSR count). The van der Waals surface area contributed by atoms with Gasteiger partial charge in [0.1, 0.15) is 5.82 Å². The summed E-state index contributed by atoms with van der Waals surface area (Å²) in [4.78, 5) is 6.64. The maximum Gasteiger partial charge on any atom is 0.174 e. The summed E-state index contributed by atoms with van der Waals surface area (Å²) in [5, 5.41) is 12.1. The highest BCUT2D eigenvalue weighted by molar-refractivity contribution is 6.02. The highest BCUT2D eigenvalue weighted by atomic mass is 16.5. The van der Waals surface area contributed by atoms with E-state index in [1.54, 1.807) is 13.3 Å². The van der Waals surface area contributed by atoms with Crippen molar-refractivity contribution in [3.63, 3.8) is 0 Å². The topological polar surface area (TPSA) is 84.0 Å². The fourth-order valence-electron chi connectivity index (χ4n) is 2.78. The number of piperidine rings is 1. The Morgan fingerprint density at radius 3 is 3.15 bits per heavy atom. The van der Waals surface area contributed by atoms with E-state index in [4.69, 9.17) is 15.7 Å². The lowest BCUT2D eigenvalue weighted by Gasteiger charge is -2.34. The molecule has 20 heavy (non-hydrogen) atoms. The van der Waals surface area contributed by atoms with Gasteiger partial charge in [-0.15, -0.1) is 0 Å². The van der Waals surface area contributed by atoms with Crippen LogP contribution in [0.15, 0.2) is 17.4 Å². The van der Waals surface area contributed by atoms with Crippen LogP contribution >= 0.6 is 0 Å². The molecule has 0 radical (unpaired) electrons. The molecule has 1 unspecified atom stereocenters. The number of nitrogens with two attached hydrogens (primary N) is 1. The van der Waals surface area contributed by atoms with E-state index in [0.29, 0.717) is 11.5 Å². The molecular weight excluding hydrogens is 256 g/mol. The summed E-state index contributed by atoms with van der Waals surface area (Å²) >= 11 is 0. The molecular formula is C14H22N4O2. The zero-order valence-electron chi connectivity index (χ0n) is 12.0. The van der Waals surface area contributed by atoms with Gasteiger partial charge in [0.25, 0.3) is 0 Å². The van der Waals surface area contributed by atoms with Crippen LogP contribution in [-0.4, -0.2) is 42.8 Å². The van der Waals surface area contributed by atoms with Gasteiger partial charge in [-0.3, -0.25) is 0 Å². The zero-order chi connectivity index (χ0) is 14.5. The number of hydrogen-bond donors (Lipinski definition) is 2. The second-order valence-electron chi connectivity index (χ2n) is 5.22. The van der Waals surface area contributed by atoms with Gasteiger partial charge in [-0.1, -0.05) is 5.16 Å². The Kier molecular flexibility index (Phi) is 4.79. The summed E-state index contributed by atoms with van der Waals surface area (Å²) in [5.41, 5.74) is 7.48. The molecule has 1 fully saturated rings. The number of aryl methyl sites for hydroxylation is 1. The third-order valence-electron chi connectivity index (χ3n) is 3.72. The molecule has 1 aromatic rings. The van der Waals surface area contributed by atoms with Gasteiger partial charge in [-0.05, 0) is 37.3 Å². The zero-order valence-corrected chi connectivity index (χ0v) is 12.0. The summed E-state index contributed by atoms with van der Waals surface area (Å²) in [7, 11) is 1.73. The Morgan fingerprint density at radius 2 is 2.45 bits per heavy atom. The van der Waals surface area contributed by atoms with E-state index in [2.05, 4.69) is 15.0 Å². The Labute approximate surface area is 119 Å². The van der Waals surface area contributed by atoms with E-state index in [0.717, 1.165) is 43.9 Å². The molecule has 0 bridgehead atoms. The van der Waals surface area contributed by atoms with Crippen LogP contribution in [-0.2, 0) is 4.74 Å². The molecule has 2 heterocycles. The van der Waals surface area contributed by atoms with Crippen LogP contribution in [0.4, 0.5) is 5.82 Å². The monoisotopic (exact) mass is 278 g/mol. The number of nitrogens with zero attached hydrogens (tertiary/aromatic N) is 3. The van der Waals surface area contributed by atoms with Gasteiger partial charge in [0, 0.05) is 26.4 Å². The first-order chi connectivity index (χ1) is 9.67. The number of hydrogen-bond acceptors (Lipinski definition) is 5. The van der Waals surface area contributed by atoms with E-state index < -0.39 is 0 Å². The maximum atomic E-state index is 8.97. The van der Waals surface area contributed by atoms with E-state index >= 15 is 0 Å². The van der Waals surface area contributed by atoms with Crippen LogP contribution in [0, 0.1) is 12.8 Å². The van der Waals surface area contributed by atoms with Gasteiger partial charge >= 0.3 is 0 Å². The summed E-state index contributed by atoms with van der Waals surface area (Å²) in [6, 6.07) is 1.87. The molecule has 0 aromatic carbocycles. The third-order valence-corrected chi connectivity index (χ3v) is 3.72. The molecule has 1 aromatic heterocycles. The minimum absolute atomic E-state index is 0.111. The third kappa shape index (κ3) is 3.01. The molecule has 1 aliphatic heterocycles. The lowest BCUT2D eigenvalue weighted by molar-refractivity contribution is 0.143. The minimum Gasteiger partial charge on any atom is -0.409 e. The molecule has 0 aliphatic carbocycles. The number of rotatable bonds is 4. The number of ether oxygens (including phenoxy) is 1. The smallest absolute Gasteiger partial charge is 0.174 e. The minimum atomic E-state index is 0.111. The van der Waals surface area contributed by atoms with Crippen molar-refractivity contribution < 1.29 is 9.94 Å². The molecule has 3 N–H and O–H groups in total. The van der Waals surface area contributed by atoms with Crippen LogP contribution < -0.4 is 10.6 Å². The van der Waals surface area contributed by atoms with Crippen LogP contribution in [0.25, 0.3) is 0 Å². The largest absolute Gasteiger partial charge is 0.409 e. The lowest BCUT2D eigenvalue weighted by atomic mass is 9.98. The summed E-state index contributed by atoms with van der Waals surface area (Å²) in [6.45, 7) is 4.51. The second kappa shape index (κ2) is 6.56. The SMILES string of the molecule is COCC1CCCN(c2nccc(C)c2/C(N)=N/O)C1. The number of aromatic nitrogens is 1. The predicted octanol–water partition coefficient (Wildman–Crippen LogP) is 1.35. The molecule has 1 aliphatic rings. The maximum absolute atomic E-state index is 8.97. The highest BCUT2D eigenvalue weighted by Crippen LogP contribution is 2.26. The van der Waals surface area contributed by atoms with Crippen LogP contribution in [0.3, 0.4) is 0 Å². The van der Waals surface area contributed by atoms with E-state index in [9.17, 15) is 0 Å². The van der Waals surface area contributed by atoms with Crippen molar-refractivity contribution in [2.75, 3.05) is 31.7 Å². The van der Waals surface area contributed by atoms with Gasteiger partial charge < -0.3 is 20.6 Å². The van der Waals surface area contributed by atoms with Crippen molar-refractivity contribution in [3.8, 4) is 0 Å². The lowest BCUT2D eigenvalue weighted by Crippen LogP contribution is -2.39. The van der Waals surface area contributed by atoms with Crippen molar-refractivity contribution in [1.29, 1.82) is 0 Å². The van der Waals surface area contributed by atoms with Crippen molar-refractivity contribution in [3.05, 3.63) is 23.4 Å². The highest BCUT2D eigenvalue weighted by Gasteiger charge is 2.24. The van der Waals surface area contributed by atoms with Crippen LogP contribution in [0.1, 0.15) is 24.0 Å². The van der Waals surface area contributed by atoms with Gasteiger partial charge in [0.2, 0.25) is 0 Å². The Bertz CT molecular complexity index is 488. The molecule has 6 heteroatoms. The molecule has 1 atom stereocenters. The number of oxime groups is 1. The first-order valence-corrected chi connectivity index (χ1v) is 6.84. The number of anilines is 1. The summed E-state index contributed by atoms with van der Waals surface area (Å²) < 4.78 is 5.25. The van der Waals surface area contributed by atoms with Crippen molar-refractivity contribution >= 4 is 11.7 Å². The van der Waals surface area contributed by atoms with Crippen LogP contribution in [0.2, 0.25) is 0 Å². The number of pyridine rings is 1. The predicted molar refractivity (Wildman–Crippen MR) is 78.3 cm³/mol. The average molecular weight is 278 g/mol. The molecule has 0 spiro atoms. The van der Waals surface area contributed by atoms with Gasteiger partial charge in [-0.2, -0.15) is 0 Å². The fraction of sp³-hybridized carbons (Fsp3) is 0.571. The van der Waals surface area contributed by atoms with Gasteiger partial charge in [0.15, 0.2) is 5.84 Å². The van der Waals surface area contributed by atoms with Crippen LogP contribution in [0.5, 0.6) is 0 Å².